The summed E-state index contributed by atoms with van der Waals surface area (Å²) in [5.41, 5.74) is 0.123. The van der Waals surface area contributed by atoms with Gasteiger partial charge in [-0.25, -0.2) is 9.97 Å². The number of ether oxygens (including phenoxy) is 3. The summed E-state index contributed by atoms with van der Waals surface area (Å²) in [7, 11) is 1.56. The Morgan fingerprint density at radius 1 is 1.21 bits per heavy atom. The molecule has 33 heavy (non-hydrogen) atoms. The van der Waals surface area contributed by atoms with Crippen molar-refractivity contribution in [2.45, 2.75) is 51.6 Å². The van der Waals surface area contributed by atoms with E-state index in [1.54, 1.807) is 26.2 Å². The highest BCUT2D eigenvalue weighted by Gasteiger charge is 2.32. The lowest BCUT2D eigenvalue weighted by Gasteiger charge is -2.22. The molecule has 1 saturated heterocycles. The first-order valence-corrected chi connectivity index (χ1v) is 10.6. The lowest BCUT2D eigenvalue weighted by atomic mass is 10.1. The minimum absolute atomic E-state index is 0.00628. The Kier molecular flexibility index (Phi) is 6.55. The summed E-state index contributed by atoms with van der Waals surface area (Å²) in [6.07, 6.45) is -1.60. The Hall–Kier alpha value is -3.14. The summed E-state index contributed by atoms with van der Waals surface area (Å²) in [5.74, 6) is 2.05. The maximum absolute atomic E-state index is 13.0. The molecule has 4 rings (SSSR count). The van der Waals surface area contributed by atoms with Gasteiger partial charge in [0.25, 0.3) is 0 Å². The molecule has 0 saturated carbocycles. The van der Waals surface area contributed by atoms with E-state index in [2.05, 4.69) is 20.3 Å². The molecule has 0 amide bonds. The van der Waals surface area contributed by atoms with E-state index >= 15 is 0 Å². The van der Waals surface area contributed by atoms with Crippen molar-refractivity contribution in [3.8, 4) is 11.5 Å². The van der Waals surface area contributed by atoms with Crippen LogP contribution in [0.5, 0.6) is 11.5 Å². The van der Waals surface area contributed by atoms with Crippen LogP contribution in [0.2, 0.25) is 0 Å². The number of aryl methyl sites for hydroxylation is 1. The van der Waals surface area contributed by atoms with Crippen molar-refractivity contribution in [1.29, 1.82) is 0 Å². The molecular formula is C23H25F3N4O3. The first kappa shape index (κ1) is 23.0. The van der Waals surface area contributed by atoms with Gasteiger partial charge in [0.05, 0.1) is 18.7 Å². The standard InChI is InChI=1S/C23H25F3N4O3/c1-13(18-5-4-8-32-18)33-20-10-16-17(11-19(20)31-3)29-14(2)30-22(16)28-12-15-6-7-27-21(9-15)23(24,25)26/h6-7,9-11,13,18H,4-5,8,12H2,1-3H3,(H,28,29,30)/t13?,18-/m0/s1. The summed E-state index contributed by atoms with van der Waals surface area (Å²) in [5, 5.41) is 3.80. The van der Waals surface area contributed by atoms with Crippen molar-refractivity contribution in [2.24, 2.45) is 0 Å². The van der Waals surface area contributed by atoms with E-state index < -0.39 is 11.9 Å². The Balaban J connectivity index is 1.63. The third-order valence-electron chi connectivity index (χ3n) is 5.47. The van der Waals surface area contributed by atoms with Gasteiger partial charge in [-0.1, -0.05) is 0 Å². The van der Waals surface area contributed by atoms with Gasteiger partial charge in [0, 0.05) is 30.8 Å². The number of hydrogen-bond acceptors (Lipinski definition) is 7. The van der Waals surface area contributed by atoms with Gasteiger partial charge in [-0.3, -0.25) is 4.98 Å². The topological polar surface area (TPSA) is 78.4 Å². The van der Waals surface area contributed by atoms with Gasteiger partial charge in [-0.15, -0.1) is 0 Å². The highest BCUT2D eigenvalue weighted by Crippen LogP contribution is 2.36. The zero-order valence-corrected chi connectivity index (χ0v) is 18.6. The van der Waals surface area contributed by atoms with Crippen molar-refractivity contribution in [1.82, 2.24) is 15.0 Å². The van der Waals surface area contributed by atoms with E-state index in [-0.39, 0.29) is 18.8 Å². The third kappa shape index (κ3) is 5.27. The summed E-state index contributed by atoms with van der Waals surface area (Å²) < 4.78 is 56.4. The van der Waals surface area contributed by atoms with Gasteiger partial charge in [0.15, 0.2) is 11.5 Å². The van der Waals surface area contributed by atoms with Crippen LogP contribution in [0.25, 0.3) is 10.9 Å². The smallest absolute Gasteiger partial charge is 0.433 e. The molecular weight excluding hydrogens is 437 g/mol. The zero-order valence-electron chi connectivity index (χ0n) is 18.6. The maximum Gasteiger partial charge on any atom is 0.433 e. The number of fused-ring (bicyclic) bond motifs is 1. The first-order chi connectivity index (χ1) is 15.7. The molecule has 3 aromatic rings. The van der Waals surface area contributed by atoms with Gasteiger partial charge in [-0.05, 0) is 50.5 Å². The average Bonchev–Trinajstić information content (AvgIpc) is 3.32. The van der Waals surface area contributed by atoms with Crippen LogP contribution in [0.3, 0.4) is 0 Å². The van der Waals surface area contributed by atoms with Crippen molar-refractivity contribution in [3.63, 3.8) is 0 Å². The number of nitrogens with zero attached hydrogens (tertiary/aromatic N) is 3. The summed E-state index contributed by atoms with van der Waals surface area (Å²) >= 11 is 0. The van der Waals surface area contributed by atoms with Crippen LogP contribution < -0.4 is 14.8 Å². The molecule has 7 nitrogen and oxygen atoms in total. The fourth-order valence-electron chi connectivity index (χ4n) is 3.81. The van der Waals surface area contributed by atoms with E-state index in [0.717, 1.165) is 31.7 Å². The predicted molar refractivity (Wildman–Crippen MR) is 116 cm³/mol. The zero-order chi connectivity index (χ0) is 23.6. The summed E-state index contributed by atoms with van der Waals surface area (Å²) in [4.78, 5) is 12.3. The van der Waals surface area contributed by atoms with Crippen LogP contribution in [0.15, 0.2) is 30.5 Å². The number of hydrogen-bond donors (Lipinski definition) is 1. The van der Waals surface area contributed by atoms with Crippen LogP contribution in [0.1, 0.15) is 36.8 Å². The Labute approximate surface area is 189 Å². The SMILES string of the molecule is COc1cc2nc(C)nc(NCc3ccnc(C(F)(F)F)c3)c2cc1OC(C)[C@@H]1CCCO1. The number of benzene rings is 1. The largest absolute Gasteiger partial charge is 0.493 e. The highest BCUT2D eigenvalue weighted by molar-refractivity contribution is 5.91. The molecule has 1 aliphatic heterocycles. The number of methoxy groups -OCH3 is 1. The molecule has 0 radical (unpaired) electrons. The summed E-state index contributed by atoms with van der Waals surface area (Å²) in [6, 6.07) is 6.10. The normalized spacial score (nSPS) is 17.2. The van der Waals surface area contributed by atoms with Gasteiger partial charge in [0.1, 0.15) is 23.4 Å². The van der Waals surface area contributed by atoms with Crippen LogP contribution in [0.4, 0.5) is 19.0 Å². The Bertz CT molecular complexity index is 1130. The molecule has 1 aliphatic rings. The monoisotopic (exact) mass is 462 g/mol. The fraction of sp³-hybridized carbons (Fsp3) is 0.435. The first-order valence-electron chi connectivity index (χ1n) is 10.6. The van der Waals surface area contributed by atoms with Crippen LogP contribution in [-0.2, 0) is 17.5 Å². The Morgan fingerprint density at radius 2 is 2.03 bits per heavy atom. The molecule has 1 aromatic carbocycles. The van der Waals surface area contributed by atoms with Crippen LogP contribution in [0, 0.1) is 6.92 Å². The molecule has 0 spiro atoms. The molecule has 2 atom stereocenters. The molecule has 10 heteroatoms. The molecule has 0 aliphatic carbocycles. The number of alkyl halides is 3. The van der Waals surface area contributed by atoms with Crippen molar-refractivity contribution >= 4 is 16.7 Å². The second-order valence-corrected chi connectivity index (χ2v) is 7.91. The summed E-state index contributed by atoms with van der Waals surface area (Å²) in [6.45, 7) is 4.55. The van der Waals surface area contributed by atoms with Gasteiger partial charge >= 0.3 is 6.18 Å². The molecule has 176 valence electrons. The second-order valence-electron chi connectivity index (χ2n) is 7.91. The number of pyridine rings is 1. The van der Waals surface area contributed by atoms with Crippen molar-refractivity contribution < 1.29 is 27.4 Å². The molecule has 1 unspecified atom stereocenters. The van der Waals surface area contributed by atoms with Crippen molar-refractivity contribution in [3.05, 3.63) is 47.5 Å². The van der Waals surface area contributed by atoms with E-state index in [1.807, 2.05) is 6.92 Å². The number of nitrogens with one attached hydrogen (secondary N) is 1. The van der Waals surface area contributed by atoms with E-state index in [9.17, 15) is 13.2 Å². The lowest BCUT2D eigenvalue weighted by molar-refractivity contribution is -0.141. The Morgan fingerprint density at radius 3 is 2.73 bits per heavy atom. The molecule has 3 heterocycles. The minimum atomic E-state index is -4.50. The average molecular weight is 462 g/mol. The van der Waals surface area contributed by atoms with Gasteiger partial charge in [0.2, 0.25) is 0 Å². The van der Waals surface area contributed by atoms with Gasteiger partial charge in [-0.2, -0.15) is 13.2 Å². The number of aromatic nitrogens is 3. The van der Waals surface area contributed by atoms with Gasteiger partial charge < -0.3 is 19.5 Å². The number of anilines is 1. The quantitative estimate of drug-likeness (QED) is 0.534. The van der Waals surface area contributed by atoms with E-state index in [1.165, 1.54) is 6.07 Å². The molecule has 2 aromatic heterocycles. The third-order valence-corrected chi connectivity index (χ3v) is 5.47. The van der Waals surface area contributed by atoms with E-state index in [4.69, 9.17) is 14.2 Å². The highest BCUT2D eigenvalue weighted by atomic mass is 19.4. The molecule has 1 fully saturated rings. The minimum Gasteiger partial charge on any atom is -0.493 e. The number of rotatable bonds is 7. The number of halogens is 3. The molecule has 0 bridgehead atoms. The fourth-order valence-corrected chi connectivity index (χ4v) is 3.81. The second kappa shape index (κ2) is 9.38. The van der Waals surface area contributed by atoms with E-state index in [0.29, 0.717) is 39.6 Å². The van der Waals surface area contributed by atoms with Crippen LogP contribution in [-0.4, -0.2) is 40.9 Å². The van der Waals surface area contributed by atoms with Crippen LogP contribution >= 0.6 is 0 Å². The van der Waals surface area contributed by atoms with Crippen molar-refractivity contribution in [2.75, 3.05) is 19.0 Å². The molecule has 1 N–H and O–H groups in total. The maximum atomic E-state index is 13.0. The predicted octanol–water partition coefficient (Wildman–Crippen LogP) is 4.92. The lowest BCUT2D eigenvalue weighted by Crippen LogP contribution is -2.28.